The normalized spacial score (nSPS) is 34.9. The van der Waals surface area contributed by atoms with E-state index in [1.165, 1.54) is 4.57 Å². The van der Waals surface area contributed by atoms with Crippen LogP contribution in [0, 0.1) is 0 Å². The summed E-state index contributed by atoms with van der Waals surface area (Å²) in [6.07, 6.45) is -1.48. The Morgan fingerprint density at radius 2 is 2.09 bits per heavy atom. The SMILES string of the molecule is CC1(C)OC2C(O1)[C@H]1Cn3nnc4c(S)nc(=O)n(c43)[C@@H]2O1. The van der Waals surface area contributed by atoms with Crippen molar-refractivity contribution >= 4 is 23.8 Å². The van der Waals surface area contributed by atoms with E-state index < -0.39 is 17.7 Å². The van der Waals surface area contributed by atoms with Crippen LogP contribution in [-0.2, 0) is 20.8 Å². The highest BCUT2D eigenvalue weighted by Crippen LogP contribution is 2.45. The first kappa shape index (κ1) is 13.0. The van der Waals surface area contributed by atoms with Gasteiger partial charge < -0.3 is 14.2 Å². The molecule has 4 atom stereocenters. The molecule has 0 aromatic carbocycles. The molecule has 0 aliphatic carbocycles. The highest BCUT2D eigenvalue weighted by molar-refractivity contribution is 7.80. The van der Waals surface area contributed by atoms with Crippen molar-refractivity contribution in [3.05, 3.63) is 10.5 Å². The minimum absolute atomic E-state index is 0.255. The van der Waals surface area contributed by atoms with Crippen molar-refractivity contribution in [2.75, 3.05) is 0 Å². The number of thiol groups is 1. The topological polar surface area (TPSA) is 93.3 Å². The van der Waals surface area contributed by atoms with E-state index in [1.807, 2.05) is 13.8 Å². The molecule has 0 saturated carbocycles. The van der Waals surface area contributed by atoms with E-state index in [4.69, 9.17) is 14.2 Å². The summed E-state index contributed by atoms with van der Waals surface area (Å²) in [4.78, 5) is 16.3. The van der Waals surface area contributed by atoms with Crippen LogP contribution >= 0.6 is 12.6 Å². The Balaban J connectivity index is 1.78. The molecule has 116 valence electrons. The first-order valence-corrected chi connectivity index (χ1v) is 7.45. The Labute approximate surface area is 129 Å². The van der Waals surface area contributed by atoms with Crippen molar-refractivity contribution in [1.82, 2.24) is 24.5 Å². The number of hydrogen-bond donors (Lipinski definition) is 1. The Morgan fingerprint density at radius 1 is 1.32 bits per heavy atom. The smallest absolute Gasteiger partial charge is 0.347 e. The molecule has 0 spiro atoms. The first-order chi connectivity index (χ1) is 10.4. The van der Waals surface area contributed by atoms with Gasteiger partial charge in [-0.3, -0.25) is 0 Å². The third-order valence-electron chi connectivity index (χ3n) is 4.29. The van der Waals surface area contributed by atoms with Gasteiger partial charge in [0, 0.05) is 0 Å². The average molecular weight is 323 g/mol. The summed E-state index contributed by atoms with van der Waals surface area (Å²) in [6, 6.07) is 0. The average Bonchev–Trinajstić information content (AvgIpc) is 3.01. The van der Waals surface area contributed by atoms with Crippen molar-refractivity contribution in [2.24, 2.45) is 0 Å². The minimum Gasteiger partial charge on any atom is -0.347 e. The number of hydrogen-bond acceptors (Lipinski definition) is 8. The fraction of sp³-hybridized carbons (Fsp3) is 0.667. The maximum absolute atomic E-state index is 12.4. The molecule has 5 rings (SSSR count). The van der Waals surface area contributed by atoms with Crippen LogP contribution in [0.2, 0.25) is 0 Å². The Morgan fingerprint density at radius 3 is 2.91 bits per heavy atom. The number of aromatic nitrogens is 5. The van der Waals surface area contributed by atoms with E-state index in [-0.39, 0.29) is 23.3 Å². The zero-order chi connectivity index (χ0) is 15.2. The van der Waals surface area contributed by atoms with Crippen LogP contribution in [0.5, 0.6) is 0 Å². The largest absolute Gasteiger partial charge is 0.352 e. The molecule has 5 heterocycles. The van der Waals surface area contributed by atoms with E-state index in [0.29, 0.717) is 17.7 Å². The molecule has 0 N–H and O–H groups in total. The third-order valence-corrected chi connectivity index (χ3v) is 4.60. The number of rotatable bonds is 0. The molecule has 0 amide bonds. The van der Waals surface area contributed by atoms with Gasteiger partial charge in [0.25, 0.3) is 0 Å². The van der Waals surface area contributed by atoms with Gasteiger partial charge in [0.15, 0.2) is 23.2 Å². The van der Waals surface area contributed by atoms with Gasteiger partial charge in [0.2, 0.25) is 0 Å². The van der Waals surface area contributed by atoms with Crippen molar-refractivity contribution in [3.8, 4) is 0 Å². The molecule has 2 saturated heterocycles. The van der Waals surface area contributed by atoms with Crippen LogP contribution in [0.25, 0.3) is 11.2 Å². The lowest BCUT2D eigenvalue weighted by Crippen LogP contribution is -2.37. The molecule has 3 aliphatic rings. The van der Waals surface area contributed by atoms with Gasteiger partial charge in [-0.25, -0.2) is 14.0 Å². The van der Waals surface area contributed by atoms with Crippen LogP contribution in [0.3, 0.4) is 0 Å². The maximum atomic E-state index is 12.4. The summed E-state index contributed by atoms with van der Waals surface area (Å²) in [5.74, 6) is -0.708. The quantitative estimate of drug-likeness (QED) is 0.526. The lowest BCUT2D eigenvalue weighted by atomic mass is 10.1. The van der Waals surface area contributed by atoms with Crippen molar-refractivity contribution < 1.29 is 14.2 Å². The molecule has 22 heavy (non-hydrogen) atoms. The second-order valence-corrected chi connectivity index (χ2v) is 6.59. The van der Waals surface area contributed by atoms with Gasteiger partial charge in [-0.1, -0.05) is 5.21 Å². The Hall–Kier alpha value is -1.49. The van der Waals surface area contributed by atoms with Crippen LogP contribution in [0.4, 0.5) is 0 Å². The monoisotopic (exact) mass is 323 g/mol. The summed E-state index contributed by atoms with van der Waals surface area (Å²) >= 11 is 4.21. The fourth-order valence-electron chi connectivity index (χ4n) is 3.52. The molecular weight excluding hydrogens is 310 g/mol. The molecule has 2 aromatic heterocycles. The zero-order valence-electron chi connectivity index (χ0n) is 11.8. The third kappa shape index (κ3) is 1.50. The number of fused-ring (bicyclic) bond motifs is 6. The van der Waals surface area contributed by atoms with Crippen molar-refractivity contribution in [1.29, 1.82) is 0 Å². The molecule has 2 fully saturated rings. The Kier molecular flexibility index (Phi) is 2.29. The second-order valence-electron chi connectivity index (χ2n) is 6.16. The molecule has 10 heteroatoms. The predicted octanol–water partition coefficient (Wildman–Crippen LogP) is -0.292. The Bertz CT molecular complexity index is 861. The summed E-state index contributed by atoms with van der Waals surface area (Å²) in [5.41, 5.74) is 0.582. The highest BCUT2D eigenvalue weighted by atomic mass is 32.1. The van der Waals surface area contributed by atoms with Crippen LogP contribution in [0.15, 0.2) is 9.82 Å². The maximum Gasteiger partial charge on any atom is 0.352 e. The van der Waals surface area contributed by atoms with Gasteiger partial charge >= 0.3 is 5.69 Å². The standard InChI is InChI=1S/C12H13N5O4S/c1-12(2)20-6-4-3-16-9-5(14-15-16)8(22)13-11(18)17(9)10(19-4)7(6)21-12/h4,6-7,10H,3H2,1-2H3,(H,13,18,22)/t4-,6?,7?,10-/m1/s1. The molecule has 0 radical (unpaired) electrons. The zero-order valence-corrected chi connectivity index (χ0v) is 12.7. The minimum atomic E-state index is -0.708. The number of ether oxygens (including phenoxy) is 3. The lowest BCUT2D eigenvalue weighted by Gasteiger charge is -2.23. The van der Waals surface area contributed by atoms with Gasteiger partial charge in [0.05, 0.1) is 6.54 Å². The van der Waals surface area contributed by atoms with Gasteiger partial charge in [-0.05, 0) is 13.8 Å². The number of nitrogens with zero attached hydrogens (tertiary/aromatic N) is 5. The van der Waals surface area contributed by atoms with Gasteiger partial charge in [0.1, 0.15) is 23.3 Å². The lowest BCUT2D eigenvalue weighted by molar-refractivity contribution is -0.196. The summed E-state index contributed by atoms with van der Waals surface area (Å²) < 4.78 is 21.0. The molecule has 9 nitrogen and oxygen atoms in total. The molecule has 3 aliphatic heterocycles. The molecule has 2 aromatic rings. The molecular formula is C12H13N5O4S. The van der Waals surface area contributed by atoms with E-state index in [1.54, 1.807) is 4.68 Å². The van der Waals surface area contributed by atoms with E-state index in [2.05, 4.69) is 27.9 Å². The van der Waals surface area contributed by atoms with E-state index >= 15 is 0 Å². The fourth-order valence-corrected chi connectivity index (χ4v) is 3.75. The summed E-state index contributed by atoms with van der Waals surface area (Å²) in [6.45, 7) is 4.14. The van der Waals surface area contributed by atoms with Crippen molar-refractivity contribution in [3.63, 3.8) is 0 Å². The predicted molar refractivity (Wildman–Crippen MR) is 74.6 cm³/mol. The van der Waals surface area contributed by atoms with Gasteiger partial charge in [-0.15, -0.1) is 17.7 Å². The second kappa shape index (κ2) is 3.88. The molecule has 2 unspecified atom stereocenters. The summed E-state index contributed by atoms with van der Waals surface area (Å²) in [5, 5.41) is 8.43. The molecule has 2 bridgehead atoms. The summed E-state index contributed by atoms with van der Waals surface area (Å²) in [7, 11) is 0. The first-order valence-electron chi connectivity index (χ1n) is 7.00. The van der Waals surface area contributed by atoms with Crippen LogP contribution < -0.4 is 5.69 Å². The van der Waals surface area contributed by atoms with Crippen LogP contribution in [-0.4, -0.2) is 48.6 Å². The van der Waals surface area contributed by atoms with Gasteiger partial charge in [-0.2, -0.15) is 4.98 Å². The van der Waals surface area contributed by atoms with Crippen LogP contribution in [0.1, 0.15) is 20.1 Å². The van der Waals surface area contributed by atoms with Crippen molar-refractivity contribution in [2.45, 2.75) is 55.7 Å². The highest BCUT2D eigenvalue weighted by Gasteiger charge is 2.57. The van der Waals surface area contributed by atoms with E-state index in [0.717, 1.165) is 0 Å². The van der Waals surface area contributed by atoms with E-state index in [9.17, 15) is 4.79 Å².